The van der Waals surface area contributed by atoms with Gasteiger partial charge in [0.2, 0.25) is 0 Å². The van der Waals surface area contributed by atoms with Crippen molar-refractivity contribution in [2.75, 3.05) is 0 Å². The molecule has 0 aromatic rings. The van der Waals surface area contributed by atoms with Gasteiger partial charge in [0.15, 0.2) is 0 Å². The number of carbonyl (C=O) groups is 1. The van der Waals surface area contributed by atoms with Crippen molar-refractivity contribution < 1.29 is 14.8 Å². The molecule has 70 valence electrons. The van der Waals surface area contributed by atoms with E-state index in [9.17, 15) is 14.9 Å². The zero-order chi connectivity index (χ0) is 10.1. The summed E-state index contributed by atoms with van der Waals surface area (Å²) in [6.45, 7) is 0. The molecular formula is C7H8N2O4. The van der Waals surface area contributed by atoms with Crippen LogP contribution in [-0.2, 0) is 4.79 Å². The number of carboxylic acid groups (broad SMARTS) is 1. The van der Waals surface area contributed by atoms with Crippen molar-refractivity contribution in [3.05, 3.63) is 34.0 Å². The van der Waals surface area contributed by atoms with Crippen molar-refractivity contribution in [3.63, 3.8) is 0 Å². The maximum absolute atomic E-state index is 10.7. The number of rotatable bonds is 2. The Hall–Kier alpha value is -1.85. The molecule has 0 fully saturated rings. The van der Waals surface area contributed by atoms with E-state index in [1.807, 2.05) is 0 Å². The molecule has 1 rings (SSSR count). The lowest BCUT2D eigenvalue weighted by atomic mass is 9.90. The lowest BCUT2D eigenvalue weighted by Crippen LogP contribution is -2.46. The number of aliphatic carboxylic acids is 1. The zero-order valence-electron chi connectivity index (χ0n) is 6.64. The normalized spacial score (nSPS) is 26.6. The largest absolute Gasteiger partial charge is 0.476 e. The van der Waals surface area contributed by atoms with Gasteiger partial charge >= 0.3 is 11.5 Å². The van der Waals surface area contributed by atoms with E-state index < -0.39 is 16.4 Å². The smallest absolute Gasteiger partial charge is 0.387 e. The second kappa shape index (κ2) is 2.89. The molecule has 0 aliphatic heterocycles. The Morgan fingerprint density at radius 1 is 1.77 bits per heavy atom. The van der Waals surface area contributed by atoms with Crippen LogP contribution in [0, 0.1) is 10.1 Å². The molecule has 1 unspecified atom stereocenters. The SMILES string of the molecule is NC1=CC=CC(C(=O)O)([N+](=O)[O-])C1. The number of nitro groups is 1. The number of carboxylic acids is 1. The van der Waals surface area contributed by atoms with Crippen molar-refractivity contribution >= 4 is 5.97 Å². The summed E-state index contributed by atoms with van der Waals surface area (Å²) in [5.74, 6) is -1.50. The third-order valence-electron chi connectivity index (χ3n) is 1.85. The summed E-state index contributed by atoms with van der Waals surface area (Å²) < 4.78 is 0. The molecule has 0 amide bonds. The van der Waals surface area contributed by atoms with Crippen LogP contribution in [0.2, 0.25) is 0 Å². The highest BCUT2D eigenvalue weighted by molar-refractivity contribution is 5.80. The van der Waals surface area contributed by atoms with Gasteiger partial charge in [-0.25, -0.2) is 4.79 Å². The molecule has 6 heteroatoms. The van der Waals surface area contributed by atoms with Gasteiger partial charge in [-0.05, 0) is 6.08 Å². The summed E-state index contributed by atoms with van der Waals surface area (Å²) in [6.07, 6.45) is 3.48. The monoisotopic (exact) mass is 184 g/mol. The molecule has 0 saturated carbocycles. The molecule has 3 N–H and O–H groups in total. The summed E-state index contributed by atoms with van der Waals surface area (Å²) in [6, 6.07) is 0. The zero-order valence-corrected chi connectivity index (χ0v) is 6.64. The van der Waals surface area contributed by atoms with Gasteiger partial charge in [-0.2, -0.15) is 0 Å². The Bertz CT molecular complexity index is 304. The minimum Gasteiger partial charge on any atom is -0.476 e. The maximum Gasteiger partial charge on any atom is 0.387 e. The molecule has 0 aromatic heterocycles. The highest BCUT2D eigenvalue weighted by atomic mass is 16.6. The van der Waals surface area contributed by atoms with Crippen molar-refractivity contribution in [3.8, 4) is 0 Å². The van der Waals surface area contributed by atoms with E-state index in [0.29, 0.717) is 0 Å². The van der Waals surface area contributed by atoms with Gasteiger partial charge in [-0.3, -0.25) is 10.1 Å². The number of nitrogens with zero attached hydrogens (tertiary/aromatic N) is 1. The van der Waals surface area contributed by atoms with E-state index in [0.717, 1.165) is 6.08 Å². The Labute approximate surface area is 73.5 Å². The van der Waals surface area contributed by atoms with Gasteiger partial charge < -0.3 is 10.8 Å². The summed E-state index contributed by atoms with van der Waals surface area (Å²) in [7, 11) is 0. The maximum atomic E-state index is 10.7. The average Bonchev–Trinajstić information content (AvgIpc) is 2.03. The quantitative estimate of drug-likeness (QED) is 0.460. The third-order valence-corrected chi connectivity index (χ3v) is 1.85. The van der Waals surface area contributed by atoms with Gasteiger partial charge in [-0.15, -0.1) is 0 Å². The average molecular weight is 184 g/mol. The van der Waals surface area contributed by atoms with Gasteiger partial charge in [-0.1, -0.05) is 6.08 Å². The number of hydrogen-bond donors (Lipinski definition) is 2. The van der Waals surface area contributed by atoms with E-state index in [1.54, 1.807) is 0 Å². The van der Waals surface area contributed by atoms with Gasteiger partial charge in [0.25, 0.3) is 0 Å². The van der Waals surface area contributed by atoms with Crippen molar-refractivity contribution in [1.29, 1.82) is 0 Å². The predicted octanol–water partition coefficient (Wildman–Crippen LogP) is -0.111. The van der Waals surface area contributed by atoms with Crippen LogP contribution in [0.4, 0.5) is 0 Å². The molecule has 6 nitrogen and oxygen atoms in total. The molecule has 0 saturated heterocycles. The fraction of sp³-hybridized carbons (Fsp3) is 0.286. The van der Waals surface area contributed by atoms with E-state index in [-0.39, 0.29) is 12.1 Å². The highest BCUT2D eigenvalue weighted by Crippen LogP contribution is 2.24. The van der Waals surface area contributed by atoms with Crippen LogP contribution in [0.15, 0.2) is 23.9 Å². The van der Waals surface area contributed by atoms with Crippen molar-refractivity contribution in [1.82, 2.24) is 0 Å². The number of hydrogen-bond acceptors (Lipinski definition) is 4. The molecule has 13 heavy (non-hydrogen) atoms. The predicted molar refractivity (Wildman–Crippen MR) is 43.4 cm³/mol. The fourth-order valence-corrected chi connectivity index (χ4v) is 1.11. The molecule has 1 aliphatic rings. The van der Waals surface area contributed by atoms with Gasteiger partial charge in [0.1, 0.15) is 0 Å². The molecule has 0 spiro atoms. The standard InChI is InChI=1S/C7H8N2O4/c8-5-2-1-3-7(4-5,6(10)11)9(12)13/h1-3H,4,8H2,(H,10,11). The Kier molecular flexibility index (Phi) is 2.05. The minimum absolute atomic E-state index is 0.196. The van der Waals surface area contributed by atoms with Crippen LogP contribution in [0.25, 0.3) is 0 Å². The van der Waals surface area contributed by atoms with Crippen LogP contribution in [0.3, 0.4) is 0 Å². The van der Waals surface area contributed by atoms with E-state index in [2.05, 4.69) is 0 Å². The fourth-order valence-electron chi connectivity index (χ4n) is 1.11. The lowest BCUT2D eigenvalue weighted by molar-refractivity contribution is -0.540. The van der Waals surface area contributed by atoms with Crippen molar-refractivity contribution in [2.45, 2.75) is 12.0 Å². The van der Waals surface area contributed by atoms with Crippen LogP contribution < -0.4 is 5.73 Å². The van der Waals surface area contributed by atoms with Gasteiger partial charge in [0, 0.05) is 16.7 Å². The first kappa shape index (κ1) is 9.24. The summed E-state index contributed by atoms with van der Waals surface area (Å²) >= 11 is 0. The second-order valence-corrected chi connectivity index (χ2v) is 2.76. The van der Waals surface area contributed by atoms with Crippen LogP contribution in [-0.4, -0.2) is 21.5 Å². The molecular weight excluding hydrogens is 176 g/mol. The van der Waals surface area contributed by atoms with Gasteiger partial charge in [0.05, 0.1) is 6.42 Å². The molecule has 1 atom stereocenters. The molecule has 0 heterocycles. The number of allylic oxidation sites excluding steroid dienone is 2. The lowest BCUT2D eigenvalue weighted by Gasteiger charge is -2.19. The Morgan fingerprint density at radius 2 is 2.38 bits per heavy atom. The summed E-state index contributed by atoms with van der Waals surface area (Å²) in [4.78, 5) is 20.4. The first-order valence-electron chi connectivity index (χ1n) is 3.51. The first-order valence-corrected chi connectivity index (χ1v) is 3.51. The van der Waals surface area contributed by atoms with E-state index in [4.69, 9.17) is 10.8 Å². The Balaban J connectivity index is 3.09. The second-order valence-electron chi connectivity index (χ2n) is 2.76. The minimum atomic E-state index is -2.08. The molecule has 0 bridgehead atoms. The van der Waals surface area contributed by atoms with Crippen LogP contribution in [0.1, 0.15) is 6.42 Å². The number of nitrogens with two attached hydrogens (primary N) is 1. The van der Waals surface area contributed by atoms with E-state index >= 15 is 0 Å². The van der Waals surface area contributed by atoms with E-state index in [1.165, 1.54) is 12.2 Å². The molecule has 0 radical (unpaired) electrons. The third kappa shape index (κ3) is 1.37. The molecule has 1 aliphatic carbocycles. The molecule has 0 aromatic carbocycles. The topological polar surface area (TPSA) is 106 Å². The van der Waals surface area contributed by atoms with Crippen LogP contribution >= 0.6 is 0 Å². The highest BCUT2D eigenvalue weighted by Gasteiger charge is 2.50. The van der Waals surface area contributed by atoms with Crippen LogP contribution in [0.5, 0.6) is 0 Å². The summed E-state index contributed by atoms with van der Waals surface area (Å²) in [5.41, 5.74) is 3.44. The van der Waals surface area contributed by atoms with Crippen molar-refractivity contribution in [2.24, 2.45) is 5.73 Å². The Morgan fingerprint density at radius 3 is 2.69 bits per heavy atom. The summed E-state index contributed by atoms with van der Waals surface area (Å²) in [5, 5.41) is 19.3. The first-order chi connectivity index (χ1) is 5.99.